The van der Waals surface area contributed by atoms with Crippen LogP contribution in [0.15, 0.2) is 44.7 Å². The van der Waals surface area contributed by atoms with Crippen molar-refractivity contribution < 1.29 is 4.52 Å². The van der Waals surface area contributed by atoms with Crippen molar-refractivity contribution in [3.63, 3.8) is 0 Å². The van der Waals surface area contributed by atoms with Crippen LogP contribution < -0.4 is 11.2 Å². The molecule has 0 saturated carbocycles. The predicted molar refractivity (Wildman–Crippen MR) is 102 cm³/mol. The van der Waals surface area contributed by atoms with Gasteiger partial charge < -0.3 is 4.52 Å². The van der Waals surface area contributed by atoms with E-state index in [4.69, 9.17) is 16.1 Å². The zero-order chi connectivity index (χ0) is 19.8. The molecule has 0 spiro atoms. The largest absolute Gasteiger partial charge is 0.337 e. The number of halogens is 1. The molecule has 0 unspecified atom stereocenters. The van der Waals surface area contributed by atoms with E-state index >= 15 is 0 Å². The van der Waals surface area contributed by atoms with Crippen LogP contribution in [0.25, 0.3) is 11.2 Å². The van der Waals surface area contributed by atoms with Gasteiger partial charge in [0.1, 0.15) is 12.9 Å². The maximum atomic E-state index is 12.7. The van der Waals surface area contributed by atoms with E-state index in [1.807, 2.05) is 24.3 Å². The quantitative estimate of drug-likeness (QED) is 0.500. The lowest BCUT2D eigenvalue weighted by Gasteiger charge is -2.02. The number of nitrogens with zero attached hydrogens (tertiary/aromatic N) is 6. The van der Waals surface area contributed by atoms with Gasteiger partial charge in [-0.3, -0.25) is 18.5 Å². The summed E-state index contributed by atoms with van der Waals surface area (Å²) in [7, 11) is 3.12. The minimum absolute atomic E-state index is 0.0821. The highest BCUT2D eigenvalue weighted by Crippen LogP contribution is 2.11. The fourth-order valence-corrected chi connectivity index (χ4v) is 3.17. The molecule has 0 amide bonds. The molecule has 0 N–H and O–H groups in total. The van der Waals surface area contributed by atoms with E-state index in [9.17, 15) is 9.59 Å². The Kier molecular flexibility index (Phi) is 4.60. The summed E-state index contributed by atoms with van der Waals surface area (Å²) in [4.78, 5) is 33.3. The van der Waals surface area contributed by atoms with Gasteiger partial charge in [0.05, 0.1) is 0 Å². The van der Waals surface area contributed by atoms with Gasteiger partial charge in [0, 0.05) is 25.5 Å². The summed E-state index contributed by atoms with van der Waals surface area (Å²) >= 11 is 5.89. The van der Waals surface area contributed by atoms with E-state index < -0.39 is 0 Å². The fraction of sp³-hybridized carbons (Fsp3) is 0.278. The summed E-state index contributed by atoms with van der Waals surface area (Å²) in [5, 5.41) is 4.66. The number of rotatable bonds is 5. The van der Waals surface area contributed by atoms with Gasteiger partial charge in [0.15, 0.2) is 17.0 Å². The topological polar surface area (TPSA) is 101 Å². The molecule has 4 aromatic rings. The van der Waals surface area contributed by atoms with Gasteiger partial charge in [0.25, 0.3) is 5.56 Å². The Morgan fingerprint density at radius 2 is 1.82 bits per heavy atom. The molecular weight excluding hydrogens is 384 g/mol. The SMILES string of the molecule is Cn1c(=O)n(C)c2c(=O)n(Cc3nc(CCc4ccc(Cl)cc4)no3)cnc21. The van der Waals surface area contributed by atoms with Crippen LogP contribution in [0.1, 0.15) is 17.3 Å². The number of aromatic nitrogens is 6. The Morgan fingerprint density at radius 1 is 1.07 bits per heavy atom. The van der Waals surface area contributed by atoms with Crippen LogP contribution in [-0.2, 0) is 33.5 Å². The van der Waals surface area contributed by atoms with Gasteiger partial charge in [-0.15, -0.1) is 0 Å². The number of imidazole rings is 1. The van der Waals surface area contributed by atoms with Crippen LogP contribution in [0.3, 0.4) is 0 Å². The highest BCUT2D eigenvalue weighted by Gasteiger charge is 2.16. The Labute approximate surface area is 163 Å². The molecule has 0 aliphatic heterocycles. The van der Waals surface area contributed by atoms with Gasteiger partial charge >= 0.3 is 5.69 Å². The average Bonchev–Trinajstić information content (AvgIpc) is 3.22. The van der Waals surface area contributed by atoms with Gasteiger partial charge in [-0.2, -0.15) is 4.98 Å². The highest BCUT2D eigenvalue weighted by molar-refractivity contribution is 6.30. The van der Waals surface area contributed by atoms with E-state index in [0.717, 1.165) is 12.0 Å². The van der Waals surface area contributed by atoms with E-state index in [-0.39, 0.29) is 23.3 Å². The summed E-state index contributed by atoms with van der Waals surface area (Å²) in [6.45, 7) is 0.0821. The molecule has 3 heterocycles. The number of fused-ring (bicyclic) bond motifs is 1. The molecule has 28 heavy (non-hydrogen) atoms. The van der Waals surface area contributed by atoms with Crippen LogP contribution in [0.2, 0.25) is 5.02 Å². The van der Waals surface area contributed by atoms with Crippen molar-refractivity contribution in [3.8, 4) is 0 Å². The highest BCUT2D eigenvalue weighted by atomic mass is 35.5. The summed E-state index contributed by atoms with van der Waals surface area (Å²) < 4.78 is 9.22. The second kappa shape index (κ2) is 7.08. The average molecular weight is 401 g/mol. The normalized spacial score (nSPS) is 11.4. The molecule has 0 aliphatic carbocycles. The summed E-state index contributed by atoms with van der Waals surface area (Å²) in [5.74, 6) is 0.856. The second-order valence-electron chi connectivity index (χ2n) is 6.48. The van der Waals surface area contributed by atoms with E-state index in [0.29, 0.717) is 28.8 Å². The molecule has 144 valence electrons. The first-order valence-electron chi connectivity index (χ1n) is 8.61. The van der Waals surface area contributed by atoms with Crippen molar-refractivity contribution in [2.45, 2.75) is 19.4 Å². The molecule has 1 aromatic carbocycles. The van der Waals surface area contributed by atoms with Crippen LogP contribution in [0.4, 0.5) is 0 Å². The molecule has 9 nitrogen and oxygen atoms in total. The number of aryl methyl sites for hydroxylation is 4. The second-order valence-corrected chi connectivity index (χ2v) is 6.92. The minimum Gasteiger partial charge on any atom is -0.337 e. The lowest BCUT2D eigenvalue weighted by molar-refractivity contribution is 0.364. The maximum Gasteiger partial charge on any atom is 0.329 e. The molecule has 10 heteroatoms. The molecule has 3 aromatic heterocycles. The zero-order valence-corrected chi connectivity index (χ0v) is 16.0. The molecule has 0 saturated heterocycles. The van der Waals surface area contributed by atoms with Gasteiger partial charge in [0.2, 0.25) is 5.89 Å². The first-order chi connectivity index (χ1) is 13.4. The fourth-order valence-electron chi connectivity index (χ4n) is 3.04. The predicted octanol–water partition coefficient (Wildman–Crippen LogP) is 1.30. The lowest BCUT2D eigenvalue weighted by Crippen LogP contribution is -2.24. The molecule has 4 rings (SSSR count). The third-order valence-corrected chi connectivity index (χ3v) is 4.84. The molecular formula is C18H17ClN6O3. The van der Waals surface area contributed by atoms with E-state index in [2.05, 4.69) is 15.1 Å². The monoisotopic (exact) mass is 400 g/mol. The Bertz CT molecular complexity index is 1270. The van der Waals surface area contributed by atoms with E-state index in [1.54, 1.807) is 14.1 Å². The Hall–Kier alpha value is -3.20. The summed E-state index contributed by atoms with van der Waals surface area (Å²) in [6.07, 6.45) is 2.72. The van der Waals surface area contributed by atoms with Crippen LogP contribution in [0.5, 0.6) is 0 Å². The third kappa shape index (κ3) is 3.24. The summed E-state index contributed by atoms with van der Waals surface area (Å²) in [5.41, 5.74) is 1.04. The maximum absolute atomic E-state index is 12.7. The van der Waals surface area contributed by atoms with Crippen molar-refractivity contribution in [2.75, 3.05) is 0 Å². The molecule has 0 aliphatic rings. The first kappa shape index (κ1) is 18.2. The first-order valence-corrected chi connectivity index (χ1v) is 8.98. The molecule has 0 radical (unpaired) electrons. The Morgan fingerprint density at radius 3 is 2.57 bits per heavy atom. The van der Waals surface area contributed by atoms with E-state index in [1.165, 1.54) is 20.0 Å². The van der Waals surface area contributed by atoms with Crippen molar-refractivity contribution in [2.24, 2.45) is 14.1 Å². The van der Waals surface area contributed by atoms with Crippen LogP contribution >= 0.6 is 11.6 Å². The van der Waals surface area contributed by atoms with Crippen LogP contribution in [0, 0.1) is 0 Å². The number of hydrogen-bond donors (Lipinski definition) is 0. The standard InChI is InChI=1S/C18H17ClN6O3/c1-23-15-16(24(2)18(23)27)20-10-25(17(15)26)9-14-21-13(22-28-14)8-5-11-3-6-12(19)7-4-11/h3-4,6-7,10H,5,8-9H2,1-2H3. The Balaban J connectivity index is 1.53. The third-order valence-electron chi connectivity index (χ3n) is 4.59. The zero-order valence-electron chi connectivity index (χ0n) is 15.3. The van der Waals surface area contributed by atoms with Crippen molar-refractivity contribution in [1.82, 2.24) is 28.8 Å². The van der Waals surface area contributed by atoms with Crippen molar-refractivity contribution >= 4 is 22.8 Å². The minimum atomic E-state index is -0.342. The van der Waals surface area contributed by atoms with Crippen LogP contribution in [-0.4, -0.2) is 28.8 Å². The van der Waals surface area contributed by atoms with Gasteiger partial charge in [-0.25, -0.2) is 9.78 Å². The molecule has 0 fully saturated rings. The number of hydrogen-bond acceptors (Lipinski definition) is 6. The van der Waals surface area contributed by atoms with Crippen molar-refractivity contribution in [1.29, 1.82) is 0 Å². The summed E-state index contributed by atoms with van der Waals surface area (Å²) in [6, 6.07) is 7.58. The van der Waals surface area contributed by atoms with Gasteiger partial charge in [-0.1, -0.05) is 28.9 Å². The van der Waals surface area contributed by atoms with Gasteiger partial charge in [-0.05, 0) is 24.1 Å². The van der Waals surface area contributed by atoms with Crippen molar-refractivity contribution in [3.05, 3.63) is 73.7 Å². The smallest absolute Gasteiger partial charge is 0.329 e. The number of benzene rings is 1. The lowest BCUT2D eigenvalue weighted by atomic mass is 10.1. The molecule has 0 bridgehead atoms. The molecule has 0 atom stereocenters.